The van der Waals surface area contributed by atoms with E-state index in [1.165, 1.54) is 6.42 Å². The molecule has 3 aromatic rings. The Bertz CT molecular complexity index is 904. The van der Waals surface area contributed by atoms with Gasteiger partial charge in [0.15, 0.2) is 0 Å². The van der Waals surface area contributed by atoms with Crippen molar-refractivity contribution in [3.63, 3.8) is 0 Å². The Morgan fingerprint density at radius 3 is 2.96 bits per heavy atom. The molecule has 0 radical (unpaired) electrons. The summed E-state index contributed by atoms with van der Waals surface area (Å²) in [7, 11) is 0. The molecule has 1 aliphatic heterocycles. The summed E-state index contributed by atoms with van der Waals surface area (Å²) in [5.74, 6) is 0.456. The number of rotatable bonds is 4. The van der Waals surface area contributed by atoms with E-state index in [0.717, 1.165) is 41.7 Å². The smallest absolute Gasteiger partial charge is 0.252 e. The number of carbonyl (C=O) groups is 1. The number of hydrogen-bond donors (Lipinski definition) is 2. The average molecular weight is 346 g/mol. The van der Waals surface area contributed by atoms with Crippen molar-refractivity contribution in [2.24, 2.45) is 5.92 Å². The van der Waals surface area contributed by atoms with E-state index in [0.29, 0.717) is 18.0 Å². The van der Waals surface area contributed by atoms with Crippen LogP contribution in [0.15, 0.2) is 54.9 Å². The van der Waals surface area contributed by atoms with Crippen LogP contribution in [0.1, 0.15) is 23.2 Å². The van der Waals surface area contributed by atoms with E-state index < -0.39 is 0 Å². The number of amides is 1. The van der Waals surface area contributed by atoms with Crippen LogP contribution in [0.5, 0.6) is 0 Å². The van der Waals surface area contributed by atoms with E-state index in [1.54, 1.807) is 12.4 Å². The van der Waals surface area contributed by atoms with Gasteiger partial charge in [-0.3, -0.25) is 9.78 Å². The van der Waals surface area contributed by atoms with Crippen LogP contribution in [0, 0.1) is 5.92 Å². The normalized spacial score (nSPS) is 17.2. The third-order valence-corrected chi connectivity index (χ3v) is 4.87. The summed E-state index contributed by atoms with van der Waals surface area (Å²) >= 11 is 0. The summed E-state index contributed by atoms with van der Waals surface area (Å²) < 4.78 is 0. The van der Waals surface area contributed by atoms with E-state index in [1.807, 2.05) is 42.5 Å². The highest BCUT2D eigenvalue weighted by molar-refractivity contribution is 6.07. The second-order valence-electron chi connectivity index (χ2n) is 6.74. The van der Waals surface area contributed by atoms with Gasteiger partial charge in [-0.05, 0) is 56.1 Å². The van der Waals surface area contributed by atoms with Crippen molar-refractivity contribution < 1.29 is 4.79 Å². The lowest BCUT2D eigenvalue weighted by molar-refractivity contribution is 0.0946. The minimum Gasteiger partial charge on any atom is -0.352 e. The van der Waals surface area contributed by atoms with Gasteiger partial charge >= 0.3 is 0 Å². The maximum atomic E-state index is 12.9. The van der Waals surface area contributed by atoms with Crippen molar-refractivity contribution in [2.45, 2.75) is 12.8 Å². The molecule has 2 aromatic heterocycles. The molecule has 0 spiro atoms. The van der Waals surface area contributed by atoms with Crippen molar-refractivity contribution in [1.82, 2.24) is 20.6 Å². The fourth-order valence-electron chi connectivity index (χ4n) is 3.46. The van der Waals surface area contributed by atoms with Crippen LogP contribution in [0.3, 0.4) is 0 Å². The summed E-state index contributed by atoms with van der Waals surface area (Å²) in [6.07, 6.45) is 5.83. The summed E-state index contributed by atoms with van der Waals surface area (Å²) in [5.41, 5.74) is 3.15. The minimum absolute atomic E-state index is 0.0423. The van der Waals surface area contributed by atoms with Gasteiger partial charge in [0.05, 0.1) is 16.8 Å². The molecule has 5 heteroatoms. The van der Waals surface area contributed by atoms with Crippen LogP contribution >= 0.6 is 0 Å². The highest BCUT2D eigenvalue weighted by Gasteiger charge is 2.17. The zero-order valence-corrected chi connectivity index (χ0v) is 14.6. The molecule has 1 unspecified atom stereocenters. The lowest BCUT2D eigenvalue weighted by Crippen LogP contribution is -2.38. The van der Waals surface area contributed by atoms with E-state index in [2.05, 4.69) is 15.6 Å². The third-order valence-electron chi connectivity index (χ3n) is 4.87. The van der Waals surface area contributed by atoms with Gasteiger partial charge in [0, 0.05) is 29.9 Å². The van der Waals surface area contributed by atoms with Gasteiger partial charge in [-0.15, -0.1) is 0 Å². The van der Waals surface area contributed by atoms with Crippen LogP contribution in [-0.2, 0) is 0 Å². The van der Waals surface area contributed by atoms with Gasteiger partial charge in [0.25, 0.3) is 5.91 Å². The Morgan fingerprint density at radius 1 is 1.23 bits per heavy atom. The Kier molecular flexibility index (Phi) is 4.88. The minimum atomic E-state index is -0.0423. The highest BCUT2D eigenvalue weighted by atomic mass is 16.1. The van der Waals surface area contributed by atoms with Crippen LogP contribution in [0.25, 0.3) is 22.2 Å². The maximum absolute atomic E-state index is 12.9. The highest BCUT2D eigenvalue weighted by Crippen LogP contribution is 2.24. The molecule has 1 amide bonds. The van der Waals surface area contributed by atoms with Gasteiger partial charge < -0.3 is 10.6 Å². The number of piperidine rings is 1. The Labute approximate surface area is 152 Å². The second-order valence-corrected chi connectivity index (χ2v) is 6.74. The molecule has 1 atom stereocenters. The Morgan fingerprint density at radius 2 is 2.15 bits per heavy atom. The molecule has 1 saturated heterocycles. The number of fused-ring (bicyclic) bond motifs is 1. The molecule has 5 nitrogen and oxygen atoms in total. The average Bonchev–Trinajstić information content (AvgIpc) is 2.72. The monoisotopic (exact) mass is 346 g/mol. The molecule has 26 heavy (non-hydrogen) atoms. The molecule has 0 bridgehead atoms. The number of carbonyl (C=O) groups excluding carboxylic acids is 1. The number of benzene rings is 1. The topological polar surface area (TPSA) is 66.9 Å². The standard InChI is InChI=1S/C21H22N4O/c26-21(24-13-15-5-3-9-22-12-15)18-11-20(16-6-4-10-23-14-16)25-19-8-2-1-7-17(18)19/h1-2,4,6-8,10-11,14-15,22H,3,5,9,12-13H2,(H,24,26). The lowest BCUT2D eigenvalue weighted by atomic mass is 9.99. The van der Waals surface area contributed by atoms with Crippen molar-refractivity contribution in [1.29, 1.82) is 0 Å². The Balaban J connectivity index is 1.65. The van der Waals surface area contributed by atoms with Gasteiger partial charge in [-0.2, -0.15) is 0 Å². The van der Waals surface area contributed by atoms with E-state index in [-0.39, 0.29) is 5.91 Å². The van der Waals surface area contributed by atoms with E-state index >= 15 is 0 Å². The van der Waals surface area contributed by atoms with Crippen molar-refractivity contribution in [2.75, 3.05) is 19.6 Å². The number of hydrogen-bond acceptors (Lipinski definition) is 4. The number of nitrogens with one attached hydrogen (secondary N) is 2. The summed E-state index contributed by atoms with van der Waals surface area (Å²) in [4.78, 5) is 21.8. The van der Waals surface area contributed by atoms with Gasteiger partial charge in [-0.1, -0.05) is 18.2 Å². The molecule has 0 aliphatic carbocycles. The molecule has 132 valence electrons. The number of pyridine rings is 2. The van der Waals surface area contributed by atoms with Crippen LogP contribution in [-0.4, -0.2) is 35.5 Å². The first-order valence-corrected chi connectivity index (χ1v) is 9.10. The molecular formula is C21H22N4O. The summed E-state index contributed by atoms with van der Waals surface area (Å²) in [6, 6.07) is 13.5. The first-order chi connectivity index (χ1) is 12.8. The second kappa shape index (κ2) is 7.62. The zero-order chi connectivity index (χ0) is 17.8. The van der Waals surface area contributed by atoms with Crippen LogP contribution < -0.4 is 10.6 Å². The largest absolute Gasteiger partial charge is 0.352 e. The number of nitrogens with zero attached hydrogens (tertiary/aromatic N) is 2. The zero-order valence-electron chi connectivity index (χ0n) is 14.6. The lowest BCUT2D eigenvalue weighted by Gasteiger charge is -2.23. The molecule has 2 N–H and O–H groups in total. The predicted molar refractivity (Wildman–Crippen MR) is 103 cm³/mol. The maximum Gasteiger partial charge on any atom is 0.252 e. The molecular weight excluding hydrogens is 324 g/mol. The Hall–Kier alpha value is -2.79. The van der Waals surface area contributed by atoms with Crippen molar-refractivity contribution >= 4 is 16.8 Å². The first kappa shape index (κ1) is 16.7. The first-order valence-electron chi connectivity index (χ1n) is 9.10. The summed E-state index contributed by atoms with van der Waals surface area (Å²) in [6.45, 7) is 2.75. The molecule has 4 rings (SSSR count). The van der Waals surface area contributed by atoms with Crippen LogP contribution in [0.2, 0.25) is 0 Å². The molecule has 0 saturated carbocycles. The van der Waals surface area contributed by atoms with Gasteiger partial charge in [-0.25, -0.2) is 4.98 Å². The van der Waals surface area contributed by atoms with Crippen molar-refractivity contribution in [3.05, 3.63) is 60.4 Å². The van der Waals surface area contributed by atoms with Gasteiger partial charge in [0.2, 0.25) is 0 Å². The van der Waals surface area contributed by atoms with E-state index in [4.69, 9.17) is 4.98 Å². The van der Waals surface area contributed by atoms with Crippen molar-refractivity contribution in [3.8, 4) is 11.3 Å². The van der Waals surface area contributed by atoms with E-state index in [9.17, 15) is 4.79 Å². The molecule has 1 fully saturated rings. The molecule has 1 aromatic carbocycles. The molecule has 3 heterocycles. The van der Waals surface area contributed by atoms with Gasteiger partial charge in [0.1, 0.15) is 0 Å². The molecule has 1 aliphatic rings. The summed E-state index contributed by atoms with van der Waals surface area (Å²) in [5, 5.41) is 7.38. The fraction of sp³-hybridized carbons (Fsp3) is 0.286. The quantitative estimate of drug-likeness (QED) is 0.762. The van der Waals surface area contributed by atoms with Crippen LogP contribution in [0.4, 0.5) is 0 Å². The predicted octanol–water partition coefficient (Wildman–Crippen LogP) is 3.03. The SMILES string of the molecule is O=C(NCC1CCCNC1)c1cc(-c2cccnc2)nc2ccccc12. The number of para-hydroxylation sites is 1. The third kappa shape index (κ3) is 3.58. The fourth-order valence-corrected chi connectivity index (χ4v) is 3.46. The number of aromatic nitrogens is 2.